The van der Waals surface area contributed by atoms with Gasteiger partial charge in [0.1, 0.15) is 13.2 Å². The number of nitrogens with one attached hydrogen (secondary N) is 1. The van der Waals surface area contributed by atoms with Gasteiger partial charge in [0.25, 0.3) is 5.91 Å². The van der Waals surface area contributed by atoms with Crippen LogP contribution in [0.5, 0.6) is 11.5 Å². The van der Waals surface area contributed by atoms with Gasteiger partial charge in [0.2, 0.25) is 5.91 Å². The van der Waals surface area contributed by atoms with Crippen LogP contribution in [0.15, 0.2) is 48.0 Å². The zero-order valence-electron chi connectivity index (χ0n) is 18.9. The van der Waals surface area contributed by atoms with E-state index in [-0.39, 0.29) is 11.8 Å². The van der Waals surface area contributed by atoms with E-state index in [1.54, 1.807) is 35.6 Å². The fourth-order valence-corrected chi connectivity index (χ4v) is 4.89. The lowest BCUT2D eigenvalue weighted by Gasteiger charge is -2.31. The van der Waals surface area contributed by atoms with Crippen molar-refractivity contribution in [2.24, 2.45) is 0 Å². The van der Waals surface area contributed by atoms with Gasteiger partial charge in [-0.2, -0.15) is 0 Å². The lowest BCUT2D eigenvalue weighted by molar-refractivity contribution is -0.116. The van der Waals surface area contributed by atoms with E-state index in [1.807, 2.05) is 41.6 Å². The Morgan fingerprint density at radius 2 is 2.06 bits per heavy atom. The largest absolute Gasteiger partial charge is 0.486 e. The van der Waals surface area contributed by atoms with Gasteiger partial charge in [-0.25, -0.2) is 0 Å². The van der Waals surface area contributed by atoms with Gasteiger partial charge in [-0.1, -0.05) is 6.07 Å². The molecule has 2 aromatic heterocycles. The summed E-state index contributed by atoms with van der Waals surface area (Å²) in [4.78, 5) is 32.9. The highest BCUT2D eigenvalue weighted by Gasteiger charge is 2.26. The topological polar surface area (TPSA) is 80.8 Å². The summed E-state index contributed by atoms with van der Waals surface area (Å²) in [6.45, 7) is 4.44. The average molecular weight is 476 g/mol. The molecule has 0 fully saturated rings. The van der Waals surface area contributed by atoms with Crippen molar-refractivity contribution in [2.75, 3.05) is 19.8 Å². The van der Waals surface area contributed by atoms with Gasteiger partial charge in [0, 0.05) is 48.0 Å². The van der Waals surface area contributed by atoms with Gasteiger partial charge in [-0.05, 0) is 65.8 Å². The number of benzene rings is 1. The smallest absolute Gasteiger partial charge is 0.254 e. The van der Waals surface area contributed by atoms with Crippen LogP contribution < -0.4 is 14.8 Å². The second-order valence-corrected chi connectivity index (χ2v) is 9.21. The van der Waals surface area contributed by atoms with E-state index in [9.17, 15) is 9.59 Å². The maximum atomic E-state index is 13.2. The lowest BCUT2D eigenvalue weighted by atomic mass is 9.94. The molecule has 34 heavy (non-hydrogen) atoms. The molecule has 1 aromatic carbocycles. The number of hydrogen-bond donors (Lipinski definition) is 1. The molecular formula is C26H25N3O4S. The number of carbonyl (C=O) groups excluding carboxylic acids is 2. The zero-order valence-corrected chi connectivity index (χ0v) is 19.7. The van der Waals surface area contributed by atoms with Gasteiger partial charge in [0.05, 0.1) is 0 Å². The van der Waals surface area contributed by atoms with E-state index in [0.717, 1.165) is 21.7 Å². The summed E-state index contributed by atoms with van der Waals surface area (Å²) in [6.07, 6.45) is 5.92. The Morgan fingerprint density at radius 3 is 2.88 bits per heavy atom. The number of aryl methyl sites for hydroxylation is 1. The van der Waals surface area contributed by atoms with Crippen molar-refractivity contribution in [2.45, 2.75) is 26.4 Å². The van der Waals surface area contributed by atoms with Gasteiger partial charge >= 0.3 is 0 Å². The SMILES string of the molecule is Cc1ncc2c(c1CNC(=O)/C=C/c1cccs1)CCN(C(=O)c1ccc3c(c1)OCCO3)C2. The van der Waals surface area contributed by atoms with E-state index in [4.69, 9.17) is 9.47 Å². The van der Waals surface area contributed by atoms with Crippen LogP contribution in [0.25, 0.3) is 6.08 Å². The van der Waals surface area contributed by atoms with Crippen LogP contribution in [0, 0.1) is 6.92 Å². The van der Waals surface area contributed by atoms with Gasteiger partial charge in [-0.3, -0.25) is 14.6 Å². The fraction of sp³-hybridized carbons (Fsp3) is 0.269. The van der Waals surface area contributed by atoms with Crippen LogP contribution in [0.3, 0.4) is 0 Å². The number of amides is 2. The summed E-state index contributed by atoms with van der Waals surface area (Å²) in [5.41, 5.74) is 4.69. The monoisotopic (exact) mass is 475 g/mol. The van der Waals surface area contributed by atoms with Crippen molar-refractivity contribution in [3.63, 3.8) is 0 Å². The summed E-state index contributed by atoms with van der Waals surface area (Å²) in [5, 5.41) is 4.95. The summed E-state index contributed by atoms with van der Waals surface area (Å²) < 4.78 is 11.2. The molecule has 0 unspecified atom stereocenters. The molecule has 5 rings (SSSR count). The first-order chi connectivity index (χ1) is 16.6. The Bertz CT molecular complexity index is 1250. The van der Waals surface area contributed by atoms with Crippen LogP contribution in [0.4, 0.5) is 0 Å². The average Bonchev–Trinajstić information content (AvgIpc) is 3.39. The van der Waals surface area contributed by atoms with E-state index in [0.29, 0.717) is 56.3 Å². The van der Waals surface area contributed by atoms with Crippen LogP contribution in [-0.2, 0) is 24.3 Å². The van der Waals surface area contributed by atoms with Crippen LogP contribution in [0.1, 0.15) is 37.6 Å². The molecule has 8 heteroatoms. The molecule has 0 bridgehead atoms. The standard InChI is InChI=1S/C26H25N3O4S/c1-17-22(15-28-25(30)7-5-20-3-2-12-34-20)21-8-9-29(16-19(21)14-27-17)26(31)18-4-6-23-24(13-18)33-11-10-32-23/h2-7,12-14H,8-11,15-16H2,1H3,(H,28,30)/b7-5+. The first-order valence-electron chi connectivity index (χ1n) is 11.2. The number of pyridine rings is 1. The Balaban J connectivity index is 1.27. The third-order valence-corrected chi connectivity index (χ3v) is 6.89. The highest BCUT2D eigenvalue weighted by Crippen LogP contribution is 2.32. The number of thiophene rings is 1. The number of nitrogens with zero attached hydrogens (tertiary/aromatic N) is 2. The second-order valence-electron chi connectivity index (χ2n) is 8.23. The normalized spacial score (nSPS) is 14.7. The molecule has 7 nitrogen and oxygen atoms in total. The molecule has 3 aromatic rings. The maximum Gasteiger partial charge on any atom is 0.254 e. The minimum absolute atomic E-state index is 0.0447. The molecule has 0 atom stereocenters. The molecule has 2 aliphatic heterocycles. The molecule has 174 valence electrons. The summed E-state index contributed by atoms with van der Waals surface area (Å²) in [5.74, 6) is 1.09. The van der Waals surface area contributed by atoms with Crippen molar-refractivity contribution in [3.8, 4) is 11.5 Å². The summed E-state index contributed by atoms with van der Waals surface area (Å²) in [6, 6.07) is 9.25. The second kappa shape index (κ2) is 9.69. The van der Waals surface area contributed by atoms with E-state index >= 15 is 0 Å². The molecule has 0 spiro atoms. The number of aromatic nitrogens is 1. The highest BCUT2D eigenvalue weighted by molar-refractivity contribution is 7.10. The van der Waals surface area contributed by atoms with Crippen LogP contribution in [-0.4, -0.2) is 41.5 Å². The van der Waals surface area contributed by atoms with Gasteiger partial charge in [-0.15, -0.1) is 11.3 Å². The maximum absolute atomic E-state index is 13.2. The number of ether oxygens (including phenoxy) is 2. The first kappa shape index (κ1) is 22.2. The van der Waals surface area contributed by atoms with Crippen molar-refractivity contribution < 1.29 is 19.1 Å². The van der Waals surface area contributed by atoms with Crippen LogP contribution >= 0.6 is 11.3 Å². The van der Waals surface area contributed by atoms with E-state index in [1.165, 1.54) is 5.56 Å². The number of carbonyl (C=O) groups is 2. The van der Waals surface area contributed by atoms with Crippen molar-refractivity contribution >= 4 is 29.2 Å². The van der Waals surface area contributed by atoms with E-state index in [2.05, 4.69) is 10.3 Å². The molecule has 4 heterocycles. The fourth-order valence-electron chi connectivity index (χ4n) is 4.27. The number of rotatable bonds is 5. The van der Waals surface area contributed by atoms with Gasteiger partial charge < -0.3 is 19.7 Å². The minimum atomic E-state index is -0.142. The van der Waals surface area contributed by atoms with Crippen molar-refractivity contribution in [3.05, 3.63) is 80.8 Å². The predicted octanol–water partition coefficient (Wildman–Crippen LogP) is 3.75. The first-order valence-corrected chi connectivity index (χ1v) is 12.1. The van der Waals surface area contributed by atoms with Crippen molar-refractivity contribution in [1.29, 1.82) is 0 Å². The minimum Gasteiger partial charge on any atom is -0.486 e. The summed E-state index contributed by atoms with van der Waals surface area (Å²) >= 11 is 1.59. The third-order valence-electron chi connectivity index (χ3n) is 6.05. The van der Waals surface area contributed by atoms with Crippen molar-refractivity contribution in [1.82, 2.24) is 15.2 Å². The summed E-state index contributed by atoms with van der Waals surface area (Å²) in [7, 11) is 0. The predicted molar refractivity (Wildman–Crippen MR) is 130 cm³/mol. The van der Waals surface area contributed by atoms with Gasteiger partial charge in [0.15, 0.2) is 11.5 Å². The molecular weight excluding hydrogens is 450 g/mol. The van der Waals surface area contributed by atoms with E-state index < -0.39 is 0 Å². The molecule has 0 saturated carbocycles. The zero-order chi connectivity index (χ0) is 23.5. The Morgan fingerprint density at radius 1 is 1.21 bits per heavy atom. The Hall–Kier alpha value is -3.65. The lowest BCUT2D eigenvalue weighted by Crippen LogP contribution is -2.37. The third kappa shape index (κ3) is 4.68. The molecule has 0 saturated heterocycles. The Labute approximate surface area is 202 Å². The number of fused-ring (bicyclic) bond motifs is 2. The number of hydrogen-bond acceptors (Lipinski definition) is 6. The Kier molecular flexibility index (Phi) is 6.31. The highest BCUT2D eigenvalue weighted by atomic mass is 32.1. The molecule has 2 aliphatic rings. The molecule has 0 radical (unpaired) electrons. The molecule has 1 N–H and O–H groups in total. The quantitative estimate of drug-likeness (QED) is 0.569. The van der Waals surface area contributed by atoms with Crippen LogP contribution in [0.2, 0.25) is 0 Å². The molecule has 2 amide bonds. The molecule has 0 aliphatic carbocycles.